The minimum absolute atomic E-state index is 0.161. The molecule has 18 heavy (non-hydrogen) atoms. The molecule has 4 N–H and O–H groups in total. The van der Waals surface area contributed by atoms with Crippen molar-refractivity contribution in [3.05, 3.63) is 35.5 Å². The summed E-state index contributed by atoms with van der Waals surface area (Å²) in [6, 6.07) is 8.73. The van der Waals surface area contributed by atoms with Crippen LogP contribution in [0.5, 0.6) is 0 Å². The van der Waals surface area contributed by atoms with Gasteiger partial charge in [-0.3, -0.25) is 0 Å². The Bertz CT molecular complexity index is 526. The summed E-state index contributed by atoms with van der Waals surface area (Å²) in [5.41, 5.74) is 9.61. The minimum atomic E-state index is 0.161. The molecule has 1 aromatic carbocycles. The number of fused-ring (bicyclic) bond motifs is 1. The van der Waals surface area contributed by atoms with Crippen LogP contribution in [-0.4, -0.2) is 18.1 Å². The van der Waals surface area contributed by atoms with Crippen molar-refractivity contribution in [3.63, 3.8) is 0 Å². The highest BCUT2D eigenvalue weighted by Gasteiger charge is 2.14. The molecule has 3 nitrogen and oxygen atoms in total. The molecule has 0 aliphatic heterocycles. The molecule has 0 saturated carbocycles. The van der Waals surface area contributed by atoms with Gasteiger partial charge in [0.15, 0.2) is 0 Å². The fourth-order valence-electron chi connectivity index (χ4n) is 2.05. The van der Waals surface area contributed by atoms with Gasteiger partial charge in [-0.2, -0.15) is 0 Å². The summed E-state index contributed by atoms with van der Waals surface area (Å²) in [4.78, 5) is 3.34. The number of benzene rings is 1. The molecule has 98 valence electrons. The standard InChI is InChI=1S/C15H23N3/c1-11-6-13-7-12(4-5-14(13)18-11)8-17-10-15(2,3)9-16/h4-7,17-18H,8-10,16H2,1-3H3. The van der Waals surface area contributed by atoms with E-state index < -0.39 is 0 Å². The first kappa shape index (κ1) is 13.1. The lowest BCUT2D eigenvalue weighted by Gasteiger charge is -2.22. The molecular weight excluding hydrogens is 222 g/mol. The van der Waals surface area contributed by atoms with E-state index in [1.165, 1.54) is 22.2 Å². The Balaban J connectivity index is 1.99. The van der Waals surface area contributed by atoms with Gasteiger partial charge < -0.3 is 16.0 Å². The van der Waals surface area contributed by atoms with E-state index in [0.717, 1.165) is 13.1 Å². The first-order valence-electron chi connectivity index (χ1n) is 6.49. The number of aromatic amines is 1. The Labute approximate surface area is 109 Å². The van der Waals surface area contributed by atoms with Gasteiger partial charge in [-0.25, -0.2) is 0 Å². The van der Waals surface area contributed by atoms with Crippen LogP contribution in [0, 0.1) is 12.3 Å². The zero-order chi connectivity index (χ0) is 13.2. The van der Waals surface area contributed by atoms with E-state index in [1.807, 2.05) is 0 Å². The summed E-state index contributed by atoms with van der Waals surface area (Å²) < 4.78 is 0. The highest BCUT2D eigenvalue weighted by molar-refractivity contribution is 5.81. The second-order valence-electron chi connectivity index (χ2n) is 5.85. The molecule has 2 rings (SSSR count). The van der Waals surface area contributed by atoms with Crippen molar-refractivity contribution in [3.8, 4) is 0 Å². The molecule has 0 unspecified atom stereocenters. The van der Waals surface area contributed by atoms with Crippen molar-refractivity contribution >= 4 is 10.9 Å². The normalized spacial score (nSPS) is 12.2. The van der Waals surface area contributed by atoms with E-state index in [1.54, 1.807) is 0 Å². The molecule has 3 heteroatoms. The zero-order valence-corrected chi connectivity index (χ0v) is 11.5. The maximum absolute atomic E-state index is 5.72. The lowest BCUT2D eigenvalue weighted by Crippen LogP contribution is -2.35. The van der Waals surface area contributed by atoms with Gasteiger partial charge in [-0.1, -0.05) is 19.9 Å². The van der Waals surface area contributed by atoms with Crippen molar-refractivity contribution in [2.24, 2.45) is 11.1 Å². The van der Waals surface area contributed by atoms with Gasteiger partial charge in [0.2, 0.25) is 0 Å². The highest BCUT2D eigenvalue weighted by atomic mass is 14.9. The number of hydrogen-bond donors (Lipinski definition) is 3. The average Bonchev–Trinajstić information content (AvgIpc) is 2.68. The minimum Gasteiger partial charge on any atom is -0.359 e. The van der Waals surface area contributed by atoms with Gasteiger partial charge in [-0.05, 0) is 48.0 Å². The number of aryl methyl sites for hydroxylation is 1. The molecular formula is C15H23N3. The first-order valence-corrected chi connectivity index (χ1v) is 6.49. The molecule has 0 atom stereocenters. The molecule has 2 aromatic rings. The summed E-state index contributed by atoms with van der Waals surface area (Å²) in [5, 5.41) is 4.76. The van der Waals surface area contributed by atoms with Crippen molar-refractivity contribution in [2.75, 3.05) is 13.1 Å². The Hall–Kier alpha value is -1.32. The van der Waals surface area contributed by atoms with Gasteiger partial charge >= 0.3 is 0 Å². The number of nitrogens with one attached hydrogen (secondary N) is 2. The van der Waals surface area contributed by atoms with Crippen LogP contribution in [0.2, 0.25) is 0 Å². The van der Waals surface area contributed by atoms with E-state index >= 15 is 0 Å². The predicted octanol–water partition coefficient (Wildman–Crippen LogP) is 2.55. The number of aromatic nitrogens is 1. The van der Waals surface area contributed by atoms with E-state index in [-0.39, 0.29) is 5.41 Å². The van der Waals surface area contributed by atoms with E-state index in [4.69, 9.17) is 5.73 Å². The second-order valence-corrected chi connectivity index (χ2v) is 5.85. The third-order valence-corrected chi connectivity index (χ3v) is 3.31. The van der Waals surface area contributed by atoms with Gasteiger partial charge in [0.25, 0.3) is 0 Å². The third-order valence-electron chi connectivity index (χ3n) is 3.31. The number of nitrogens with two attached hydrogens (primary N) is 1. The molecule has 0 aliphatic rings. The fraction of sp³-hybridized carbons (Fsp3) is 0.467. The molecule has 0 fully saturated rings. The van der Waals surface area contributed by atoms with Crippen LogP contribution in [0.1, 0.15) is 25.1 Å². The van der Waals surface area contributed by atoms with Crippen LogP contribution in [-0.2, 0) is 6.54 Å². The van der Waals surface area contributed by atoms with Crippen LogP contribution in [0.4, 0.5) is 0 Å². The van der Waals surface area contributed by atoms with E-state index in [0.29, 0.717) is 6.54 Å². The molecule has 0 radical (unpaired) electrons. The first-order chi connectivity index (χ1) is 8.50. The summed E-state index contributed by atoms with van der Waals surface area (Å²) in [7, 11) is 0. The van der Waals surface area contributed by atoms with Gasteiger partial charge in [-0.15, -0.1) is 0 Å². The van der Waals surface area contributed by atoms with Crippen molar-refractivity contribution in [1.82, 2.24) is 10.3 Å². The SMILES string of the molecule is Cc1cc2cc(CNCC(C)(C)CN)ccc2[nH]1. The van der Waals surface area contributed by atoms with Crippen molar-refractivity contribution in [2.45, 2.75) is 27.3 Å². The third kappa shape index (κ3) is 3.12. The average molecular weight is 245 g/mol. The highest BCUT2D eigenvalue weighted by Crippen LogP contribution is 2.17. The molecule has 0 amide bonds. The number of H-pyrrole nitrogens is 1. The molecule has 1 heterocycles. The lowest BCUT2D eigenvalue weighted by atomic mass is 9.94. The number of hydrogen-bond acceptors (Lipinski definition) is 2. The maximum Gasteiger partial charge on any atom is 0.0456 e. The molecule has 0 saturated heterocycles. The predicted molar refractivity (Wildman–Crippen MR) is 77.6 cm³/mol. The fourth-order valence-corrected chi connectivity index (χ4v) is 2.05. The van der Waals surface area contributed by atoms with Gasteiger partial charge in [0, 0.05) is 24.3 Å². The summed E-state index contributed by atoms with van der Waals surface area (Å²) >= 11 is 0. The Morgan fingerprint density at radius 2 is 2.06 bits per heavy atom. The Morgan fingerprint density at radius 3 is 2.78 bits per heavy atom. The maximum atomic E-state index is 5.72. The smallest absolute Gasteiger partial charge is 0.0456 e. The van der Waals surface area contributed by atoms with Crippen LogP contribution in [0.3, 0.4) is 0 Å². The summed E-state index contributed by atoms with van der Waals surface area (Å²) in [6.45, 7) is 8.98. The molecule has 0 bridgehead atoms. The quantitative estimate of drug-likeness (QED) is 0.758. The second kappa shape index (κ2) is 5.12. The Morgan fingerprint density at radius 1 is 1.28 bits per heavy atom. The van der Waals surface area contributed by atoms with Crippen molar-refractivity contribution in [1.29, 1.82) is 0 Å². The molecule has 0 spiro atoms. The van der Waals surface area contributed by atoms with Gasteiger partial charge in [0.1, 0.15) is 0 Å². The topological polar surface area (TPSA) is 53.8 Å². The molecule has 1 aromatic heterocycles. The Kier molecular flexibility index (Phi) is 3.73. The summed E-state index contributed by atoms with van der Waals surface area (Å²) in [5.74, 6) is 0. The van der Waals surface area contributed by atoms with Crippen molar-refractivity contribution < 1.29 is 0 Å². The van der Waals surface area contributed by atoms with Crippen LogP contribution >= 0.6 is 0 Å². The largest absolute Gasteiger partial charge is 0.359 e. The van der Waals surface area contributed by atoms with E-state index in [2.05, 4.69) is 55.3 Å². The molecule has 0 aliphatic carbocycles. The van der Waals surface area contributed by atoms with Crippen LogP contribution in [0.15, 0.2) is 24.3 Å². The van der Waals surface area contributed by atoms with Gasteiger partial charge in [0.05, 0.1) is 0 Å². The van der Waals surface area contributed by atoms with Crippen LogP contribution in [0.25, 0.3) is 10.9 Å². The monoisotopic (exact) mass is 245 g/mol. The van der Waals surface area contributed by atoms with Crippen LogP contribution < -0.4 is 11.1 Å². The number of rotatable bonds is 5. The van der Waals surface area contributed by atoms with E-state index in [9.17, 15) is 0 Å². The zero-order valence-electron chi connectivity index (χ0n) is 11.5. The summed E-state index contributed by atoms with van der Waals surface area (Å²) in [6.07, 6.45) is 0. The lowest BCUT2D eigenvalue weighted by molar-refractivity contribution is 0.351.